The summed E-state index contributed by atoms with van der Waals surface area (Å²) in [5, 5.41) is 8.71. The summed E-state index contributed by atoms with van der Waals surface area (Å²) in [7, 11) is 0. The number of carboxylic acids is 1. The Morgan fingerprint density at radius 1 is 1.35 bits per heavy atom. The van der Waals surface area contributed by atoms with E-state index in [1.165, 1.54) is 13.8 Å². The maximum absolute atomic E-state index is 10.7. The van der Waals surface area contributed by atoms with E-state index in [4.69, 9.17) is 14.6 Å². The number of carbonyl (C=O) groups is 2. The average Bonchev–Trinajstić information content (AvgIpc) is 2.20. The lowest BCUT2D eigenvalue weighted by molar-refractivity contribution is -0.144. The Morgan fingerprint density at radius 3 is 2.47 bits per heavy atom. The van der Waals surface area contributed by atoms with Crippen LogP contribution in [0.2, 0.25) is 0 Å². The third-order valence-corrected chi connectivity index (χ3v) is 2.06. The van der Waals surface area contributed by atoms with Gasteiger partial charge in [-0.25, -0.2) is 4.79 Å². The van der Waals surface area contributed by atoms with Gasteiger partial charge in [0.25, 0.3) is 0 Å². The molecule has 17 heavy (non-hydrogen) atoms. The van der Waals surface area contributed by atoms with Crippen LogP contribution in [0.3, 0.4) is 0 Å². The van der Waals surface area contributed by atoms with Crippen molar-refractivity contribution in [3.8, 4) is 11.5 Å². The highest BCUT2D eigenvalue weighted by molar-refractivity contribution is 5.72. The number of carbonyl (C=O) groups excluding carboxylic acids is 1. The van der Waals surface area contributed by atoms with Crippen LogP contribution in [0.5, 0.6) is 11.5 Å². The quantitative estimate of drug-likeness (QED) is 0.639. The van der Waals surface area contributed by atoms with Crippen molar-refractivity contribution in [1.82, 2.24) is 0 Å². The molecule has 5 heteroatoms. The normalized spacial score (nSPS) is 11.7. The van der Waals surface area contributed by atoms with Crippen LogP contribution in [0.4, 0.5) is 0 Å². The van der Waals surface area contributed by atoms with Gasteiger partial charge in [-0.3, -0.25) is 4.79 Å². The summed E-state index contributed by atoms with van der Waals surface area (Å²) in [6.07, 6.45) is -0.923. The fraction of sp³-hybridized carbons (Fsp3) is 0.333. The Kier molecular flexibility index (Phi) is 4.09. The van der Waals surface area contributed by atoms with Crippen molar-refractivity contribution in [2.24, 2.45) is 0 Å². The van der Waals surface area contributed by atoms with E-state index in [-0.39, 0.29) is 0 Å². The van der Waals surface area contributed by atoms with Crippen LogP contribution in [0.1, 0.15) is 19.4 Å². The molecule has 1 rings (SSSR count). The Balaban J connectivity index is 2.82. The van der Waals surface area contributed by atoms with Gasteiger partial charge in [0.05, 0.1) is 0 Å². The van der Waals surface area contributed by atoms with E-state index in [0.29, 0.717) is 17.1 Å². The molecular formula is C12H14O5. The highest BCUT2D eigenvalue weighted by Crippen LogP contribution is 2.24. The minimum Gasteiger partial charge on any atom is -0.479 e. The fourth-order valence-corrected chi connectivity index (χ4v) is 1.22. The van der Waals surface area contributed by atoms with E-state index in [0.717, 1.165) is 0 Å². The van der Waals surface area contributed by atoms with E-state index in [1.54, 1.807) is 25.1 Å². The number of rotatable bonds is 4. The van der Waals surface area contributed by atoms with Crippen LogP contribution in [-0.4, -0.2) is 23.1 Å². The van der Waals surface area contributed by atoms with Crippen molar-refractivity contribution < 1.29 is 24.2 Å². The molecule has 1 N–H and O–H groups in total. The van der Waals surface area contributed by atoms with Gasteiger partial charge in [-0.2, -0.15) is 0 Å². The SMILES string of the molecule is CC(=O)Oc1ccc(OC(C)C(=O)O)c(C)c1. The van der Waals surface area contributed by atoms with Gasteiger partial charge in [-0.15, -0.1) is 0 Å². The standard InChI is InChI=1S/C12H14O5/c1-7-6-10(17-9(3)13)4-5-11(7)16-8(2)12(14)15/h4-6,8H,1-3H3,(H,14,15). The number of hydrogen-bond acceptors (Lipinski definition) is 4. The third kappa shape index (κ3) is 3.79. The molecule has 0 aliphatic heterocycles. The summed E-state index contributed by atoms with van der Waals surface area (Å²) in [5.41, 5.74) is 0.705. The molecule has 1 aromatic carbocycles. The van der Waals surface area contributed by atoms with Gasteiger partial charge in [0.15, 0.2) is 6.10 Å². The lowest BCUT2D eigenvalue weighted by Gasteiger charge is -2.13. The van der Waals surface area contributed by atoms with Gasteiger partial charge in [-0.05, 0) is 37.6 Å². The van der Waals surface area contributed by atoms with Crippen LogP contribution in [0.25, 0.3) is 0 Å². The Bertz CT molecular complexity index is 439. The van der Waals surface area contributed by atoms with Crippen molar-refractivity contribution >= 4 is 11.9 Å². The Labute approximate surface area is 99.0 Å². The molecule has 0 aliphatic carbocycles. The molecule has 0 spiro atoms. The molecule has 0 saturated carbocycles. The number of hydrogen-bond donors (Lipinski definition) is 1. The van der Waals surface area contributed by atoms with Gasteiger partial charge in [0.2, 0.25) is 0 Å². The van der Waals surface area contributed by atoms with E-state index >= 15 is 0 Å². The first-order valence-corrected chi connectivity index (χ1v) is 5.08. The number of aliphatic carboxylic acids is 1. The molecule has 0 fully saturated rings. The van der Waals surface area contributed by atoms with E-state index < -0.39 is 18.0 Å². The first-order chi connectivity index (χ1) is 7.90. The molecule has 0 bridgehead atoms. The summed E-state index contributed by atoms with van der Waals surface area (Å²) in [4.78, 5) is 21.4. The summed E-state index contributed by atoms with van der Waals surface area (Å²) in [5.74, 6) is -0.577. The van der Waals surface area contributed by atoms with E-state index in [2.05, 4.69) is 0 Å². The van der Waals surface area contributed by atoms with Crippen LogP contribution in [0.15, 0.2) is 18.2 Å². The molecule has 0 aromatic heterocycles. The van der Waals surface area contributed by atoms with Crippen LogP contribution >= 0.6 is 0 Å². The predicted molar refractivity (Wildman–Crippen MR) is 60.2 cm³/mol. The highest BCUT2D eigenvalue weighted by Gasteiger charge is 2.14. The topological polar surface area (TPSA) is 72.8 Å². The smallest absolute Gasteiger partial charge is 0.344 e. The molecule has 0 saturated heterocycles. The molecular weight excluding hydrogens is 224 g/mol. The molecule has 0 heterocycles. The largest absolute Gasteiger partial charge is 0.479 e. The number of carboxylic acid groups (broad SMARTS) is 1. The van der Waals surface area contributed by atoms with Crippen molar-refractivity contribution in [2.45, 2.75) is 26.9 Å². The maximum atomic E-state index is 10.7. The summed E-state index contributed by atoms with van der Waals surface area (Å²) in [6.45, 7) is 4.50. The maximum Gasteiger partial charge on any atom is 0.344 e. The summed E-state index contributed by atoms with van der Waals surface area (Å²) in [6, 6.07) is 4.75. The number of benzene rings is 1. The van der Waals surface area contributed by atoms with Gasteiger partial charge in [-0.1, -0.05) is 0 Å². The molecule has 1 unspecified atom stereocenters. The summed E-state index contributed by atoms with van der Waals surface area (Å²) < 4.78 is 10.1. The van der Waals surface area contributed by atoms with Crippen molar-refractivity contribution in [3.63, 3.8) is 0 Å². The molecule has 1 aromatic rings. The van der Waals surface area contributed by atoms with Gasteiger partial charge in [0.1, 0.15) is 11.5 Å². The predicted octanol–water partition coefficient (Wildman–Crippen LogP) is 1.77. The second-order valence-electron chi connectivity index (χ2n) is 3.62. The molecule has 92 valence electrons. The first kappa shape index (κ1) is 13.0. The number of aryl methyl sites for hydroxylation is 1. The highest BCUT2D eigenvalue weighted by atomic mass is 16.5. The van der Waals surface area contributed by atoms with Gasteiger partial charge >= 0.3 is 11.9 Å². The van der Waals surface area contributed by atoms with Crippen molar-refractivity contribution in [1.29, 1.82) is 0 Å². The molecule has 1 atom stereocenters. The fourth-order valence-electron chi connectivity index (χ4n) is 1.22. The lowest BCUT2D eigenvalue weighted by atomic mass is 10.2. The zero-order chi connectivity index (χ0) is 13.0. The Morgan fingerprint density at radius 2 is 2.00 bits per heavy atom. The zero-order valence-electron chi connectivity index (χ0n) is 9.89. The minimum atomic E-state index is -1.03. The molecule has 0 aliphatic rings. The number of esters is 1. The van der Waals surface area contributed by atoms with Crippen molar-refractivity contribution in [3.05, 3.63) is 23.8 Å². The molecule has 0 amide bonds. The van der Waals surface area contributed by atoms with Crippen LogP contribution in [-0.2, 0) is 9.59 Å². The monoisotopic (exact) mass is 238 g/mol. The summed E-state index contributed by atoms with van der Waals surface area (Å²) >= 11 is 0. The van der Waals surface area contributed by atoms with Gasteiger partial charge in [0, 0.05) is 6.92 Å². The van der Waals surface area contributed by atoms with Crippen LogP contribution in [0, 0.1) is 6.92 Å². The first-order valence-electron chi connectivity index (χ1n) is 5.08. The van der Waals surface area contributed by atoms with Crippen molar-refractivity contribution in [2.75, 3.05) is 0 Å². The second kappa shape index (κ2) is 5.34. The third-order valence-electron chi connectivity index (χ3n) is 2.06. The zero-order valence-corrected chi connectivity index (χ0v) is 9.89. The average molecular weight is 238 g/mol. The lowest BCUT2D eigenvalue weighted by Crippen LogP contribution is -2.23. The van der Waals surface area contributed by atoms with Gasteiger partial charge < -0.3 is 14.6 Å². The molecule has 5 nitrogen and oxygen atoms in total. The Hall–Kier alpha value is -2.04. The number of ether oxygens (including phenoxy) is 2. The van der Waals surface area contributed by atoms with E-state index in [9.17, 15) is 9.59 Å². The second-order valence-corrected chi connectivity index (χ2v) is 3.62. The van der Waals surface area contributed by atoms with Crippen LogP contribution < -0.4 is 9.47 Å². The van der Waals surface area contributed by atoms with E-state index in [1.807, 2.05) is 0 Å². The minimum absolute atomic E-state index is 0.406. The molecule has 0 radical (unpaired) electrons.